The predicted octanol–water partition coefficient (Wildman–Crippen LogP) is 5.70. The van der Waals surface area contributed by atoms with Crippen LogP contribution in [0.2, 0.25) is 0 Å². The Labute approximate surface area is 303 Å². The van der Waals surface area contributed by atoms with Crippen LogP contribution in [0.15, 0.2) is 116 Å². The zero-order valence-corrected chi connectivity index (χ0v) is 27.7. The molecule has 4 aromatic carbocycles. The topological polar surface area (TPSA) is 161 Å². The predicted molar refractivity (Wildman–Crippen MR) is 182 cm³/mol. The number of ether oxygens (including phenoxy) is 4. The summed E-state index contributed by atoms with van der Waals surface area (Å²) in [6.45, 7) is -0.571. The fraction of sp³-hybridized carbons (Fsp3) is 0.132. The third-order valence-electron chi connectivity index (χ3n) is 8.29. The van der Waals surface area contributed by atoms with Crippen molar-refractivity contribution in [2.24, 2.45) is 0 Å². The first-order chi connectivity index (χ1) is 26.1. The summed E-state index contributed by atoms with van der Waals surface area (Å²) in [5, 5.41) is 2.69. The summed E-state index contributed by atoms with van der Waals surface area (Å²) in [4.78, 5) is 65.8. The van der Waals surface area contributed by atoms with E-state index in [0.29, 0.717) is 5.56 Å². The van der Waals surface area contributed by atoms with E-state index < -0.39 is 72.4 Å². The fourth-order valence-electron chi connectivity index (χ4n) is 5.62. The highest BCUT2D eigenvalue weighted by molar-refractivity contribution is 6.06. The number of esters is 3. The Bertz CT molecular complexity index is 2320. The molecule has 0 aliphatic carbocycles. The van der Waals surface area contributed by atoms with Crippen LogP contribution in [-0.4, -0.2) is 68.3 Å². The summed E-state index contributed by atoms with van der Waals surface area (Å²) in [6.07, 6.45) is -3.31. The first kappa shape index (κ1) is 35.5. The number of anilines is 1. The molecule has 0 saturated carbocycles. The highest BCUT2D eigenvalue weighted by Crippen LogP contribution is 2.37. The lowest BCUT2D eigenvalue weighted by Crippen LogP contribution is -2.41. The molecule has 1 saturated heterocycles. The Morgan fingerprint density at radius 2 is 1.19 bits per heavy atom. The average molecular weight is 738 g/mol. The molecule has 2 aromatic heterocycles. The second-order valence-corrected chi connectivity index (χ2v) is 11.8. The number of hydrogen-bond acceptors (Lipinski definition) is 11. The molecule has 0 bridgehead atoms. The largest absolute Gasteiger partial charge is 0.459 e. The Kier molecular flexibility index (Phi) is 10.1. The molecule has 1 aliphatic rings. The maximum absolute atomic E-state index is 13.7. The van der Waals surface area contributed by atoms with E-state index in [0.717, 1.165) is 42.7 Å². The van der Waals surface area contributed by atoms with Crippen molar-refractivity contribution in [1.82, 2.24) is 19.5 Å². The van der Waals surface area contributed by atoms with Crippen LogP contribution in [-0.2, 0) is 18.9 Å². The number of carbonyl (C=O) groups is 4. The molecule has 272 valence electrons. The van der Waals surface area contributed by atoms with Crippen LogP contribution in [0.4, 0.5) is 19.0 Å². The summed E-state index contributed by atoms with van der Waals surface area (Å²) in [5.41, 5.74) is 0.430. The van der Waals surface area contributed by atoms with Crippen molar-refractivity contribution in [3.05, 3.63) is 155 Å². The second-order valence-electron chi connectivity index (χ2n) is 11.8. The Morgan fingerprint density at radius 1 is 0.648 bits per heavy atom. The van der Waals surface area contributed by atoms with E-state index >= 15 is 0 Å². The molecule has 4 atom stereocenters. The van der Waals surface area contributed by atoms with Gasteiger partial charge in [-0.2, -0.15) is 0 Å². The maximum atomic E-state index is 13.7. The zero-order valence-electron chi connectivity index (χ0n) is 27.7. The van der Waals surface area contributed by atoms with E-state index in [4.69, 9.17) is 18.9 Å². The summed E-state index contributed by atoms with van der Waals surface area (Å²) in [6, 6.07) is 21.8. The van der Waals surface area contributed by atoms with Gasteiger partial charge in [0.05, 0.1) is 23.0 Å². The van der Waals surface area contributed by atoms with Crippen molar-refractivity contribution in [2.75, 3.05) is 11.9 Å². The van der Waals surface area contributed by atoms with Crippen LogP contribution in [0.25, 0.3) is 11.2 Å². The monoisotopic (exact) mass is 737 g/mol. The van der Waals surface area contributed by atoms with Crippen molar-refractivity contribution < 1.29 is 51.3 Å². The SMILES string of the molecule is O=C(Nc1ncnc2c1ncn2[C@@H]1O[C@@H](COC(=O)c2ccc(F)cc2)[C@@H](OC(=O)c2ccc(F)cc2)[C@@H]1OC(=O)c1ccc(F)cc1)c1ccccc1. The number of rotatable bonds is 10. The second kappa shape index (κ2) is 15.3. The molecule has 0 unspecified atom stereocenters. The molecule has 1 fully saturated rings. The molecule has 0 spiro atoms. The van der Waals surface area contributed by atoms with E-state index in [1.54, 1.807) is 30.3 Å². The van der Waals surface area contributed by atoms with E-state index in [2.05, 4.69) is 20.3 Å². The van der Waals surface area contributed by atoms with E-state index in [9.17, 15) is 32.3 Å². The molecule has 1 aliphatic heterocycles. The minimum atomic E-state index is -1.52. The minimum absolute atomic E-state index is 0.00692. The molecular formula is C38H26F3N5O8. The van der Waals surface area contributed by atoms with Gasteiger partial charge in [0.25, 0.3) is 5.91 Å². The summed E-state index contributed by atoms with van der Waals surface area (Å²) >= 11 is 0. The van der Waals surface area contributed by atoms with Gasteiger partial charge >= 0.3 is 17.9 Å². The molecule has 6 aromatic rings. The van der Waals surface area contributed by atoms with Crippen molar-refractivity contribution in [2.45, 2.75) is 24.5 Å². The van der Waals surface area contributed by atoms with Crippen molar-refractivity contribution in [3.63, 3.8) is 0 Å². The van der Waals surface area contributed by atoms with Gasteiger partial charge in [0.1, 0.15) is 36.5 Å². The van der Waals surface area contributed by atoms with E-state index in [1.807, 2.05) is 0 Å². The normalized spacial score (nSPS) is 17.8. The number of nitrogens with zero attached hydrogens (tertiary/aromatic N) is 4. The number of amides is 1. The molecule has 7 rings (SSSR count). The Morgan fingerprint density at radius 3 is 1.76 bits per heavy atom. The van der Waals surface area contributed by atoms with Gasteiger partial charge in [-0.1, -0.05) is 18.2 Å². The first-order valence-electron chi connectivity index (χ1n) is 16.2. The third kappa shape index (κ3) is 7.63. The van der Waals surface area contributed by atoms with Gasteiger partial charge in [-0.05, 0) is 84.9 Å². The lowest BCUT2D eigenvalue weighted by atomic mass is 10.1. The average Bonchev–Trinajstić information content (AvgIpc) is 3.76. The van der Waals surface area contributed by atoms with Crippen LogP contribution < -0.4 is 5.32 Å². The first-order valence-corrected chi connectivity index (χ1v) is 16.2. The summed E-state index contributed by atoms with van der Waals surface area (Å²) in [7, 11) is 0. The van der Waals surface area contributed by atoms with Crippen molar-refractivity contribution in [1.29, 1.82) is 0 Å². The number of imidazole rings is 1. The number of nitrogens with one attached hydrogen (secondary N) is 1. The molecule has 13 nitrogen and oxygen atoms in total. The van der Waals surface area contributed by atoms with Crippen LogP contribution in [0.5, 0.6) is 0 Å². The number of halogens is 3. The molecule has 54 heavy (non-hydrogen) atoms. The fourth-order valence-corrected chi connectivity index (χ4v) is 5.62. The van der Waals surface area contributed by atoms with Gasteiger partial charge in [0.2, 0.25) is 0 Å². The van der Waals surface area contributed by atoms with Gasteiger partial charge in [-0.3, -0.25) is 9.36 Å². The van der Waals surface area contributed by atoms with Gasteiger partial charge in [-0.25, -0.2) is 42.5 Å². The highest BCUT2D eigenvalue weighted by atomic mass is 19.1. The molecule has 1 amide bonds. The van der Waals surface area contributed by atoms with Gasteiger partial charge < -0.3 is 24.3 Å². The molecule has 3 heterocycles. The van der Waals surface area contributed by atoms with Gasteiger partial charge in [0, 0.05) is 5.56 Å². The van der Waals surface area contributed by atoms with Crippen molar-refractivity contribution in [3.8, 4) is 0 Å². The minimum Gasteiger partial charge on any atom is -0.459 e. The van der Waals surface area contributed by atoms with Crippen LogP contribution in [0.1, 0.15) is 47.7 Å². The number of hydrogen-bond donors (Lipinski definition) is 1. The smallest absolute Gasteiger partial charge is 0.338 e. The standard InChI is InChI=1S/C38H26F3N5O8/c39-25-12-6-22(7-13-25)36(48)51-18-28-30(53-37(49)23-8-14-26(40)15-9-23)31(54-38(50)24-10-16-27(41)17-11-24)35(52-28)46-20-44-29-32(42-19-43-33(29)46)45-34(47)21-4-2-1-3-5-21/h1-17,19-20,28,30-31,35H,18H2,(H,42,43,45,47)/t28-,30+,31-,35+/m0/s1. The van der Waals surface area contributed by atoms with Gasteiger partial charge in [-0.15, -0.1) is 0 Å². The summed E-state index contributed by atoms with van der Waals surface area (Å²) in [5.74, 6) is -5.04. The van der Waals surface area contributed by atoms with Crippen molar-refractivity contribution >= 4 is 40.8 Å². The zero-order chi connectivity index (χ0) is 37.8. The Hall–Kier alpha value is -6.94. The molecule has 16 heteroatoms. The lowest BCUT2D eigenvalue weighted by molar-refractivity contribution is -0.0606. The number of fused-ring (bicyclic) bond motifs is 1. The number of aromatic nitrogens is 4. The quantitative estimate of drug-likeness (QED) is 0.136. The highest BCUT2D eigenvalue weighted by Gasteiger charge is 2.52. The van der Waals surface area contributed by atoms with E-state index in [-0.39, 0.29) is 33.7 Å². The van der Waals surface area contributed by atoms with Crippen LogP contribution in [0.3, 0.4) is 0 Å². The molecule has 0 radical (unpaired) electrons. The lowest BCUT2D eigenvalue weighted by Gasteiger charge is -2.25. The maximum Gasteiger partial charge on any atom is 0.338 e. The van der Waals surface area contributed by atoms with Gasteiger partial charge in [0.15, 0.2) is 35.4 Å². The van der Waals surface area contributed by atoms with Crippen LogP contribution >= 0.6 is 0 Å². The number of benzene rings is 4. The van der Waals surface area contributed by atoms with E-state index in [1.165, 1.54) is 47.3 Å². The summed E-state index contributed by atoms with van der Waals surface area (Å²) < 4.78 is 65.9. The third-order valence-corrected chi connectivity index (χ3v) is 8.29. The van der Waals surface area contributed by atoms with Crippen LogP contribution in [0, 0.1) is 17.5 Å². The molecular weight excluding hydrogens is 711 g/mol. The number of carbonyl (C=O) groups excluding carboxylic acids is 4. The molecule has 1 N–H and O–H groups in total. The Balaban J connectivity index is 1.25.